The van der Waals surface area contributed by atoms with Gasteiger partial charge in [0.05, 0.1) is 24.8 Å². The minimum atomic E-state index is -1.13. The van der Waals surface area contributed by atoms with Gasteiger partial charge in [-0.2, -0.15) is 5.10 Å². The van der Waals surface area contributed by atoms with Crippen LogP contribution in [-0.4, -0.2) is 36.5 Å². The Hall–Kier alpha value is -3.71. The third-order valence-electron chi connectivity index (χ3n) is 6.11. The smallest absolute Gasteiger partial charge is 0.174 e. The van der Waals surface area contributed by atoms with E-state index in [9.17, 15) is 5.11 Å². The van der Waals surface area contributed by atoms with Gasteiger partial charge >= 0.3 is 0 Å². The van der Waals surface area contributed by atoms with E-state index in [0.29, 0.717) is 18.1 Å². The molecule has 0 spiro atoms. The highest BCUT2D eigenvalue weighted by Crippen LogP contribution is 2.36. The summed E-state index contributed by atoms with van der Waals surface area (Å²) in [5.41, 5.74) is 3.73. The molecule has 7 heteroatoms. The highest BCUT2D eigenvalue weighted by molar-refractivity contribution is 5.69. The maximum Gasteiger partial charge on any atom is 0.174 e. The Labute approximate surface area is 193 Å². The topological polar surface area (TPSA) is 78.0 Å². The van der Waals surface area contributed by atoms with E-state index in [-0.39, 0.29) is 0 Å². The van der Waals surface area contributed by atoms with Crippen LogP contribution >= 0.6 is 0 Å². The van der Waals surface area contributed by atoms with Crippen molar-refractivity contribution >= 4 is 12.2 Å². The SMILES string of the molecule is COc1cc(/C=C/c2nc3n(n2)CCC[C@@]3(O)c2ccc(C)cc2)ccc1-n1cnc(C)c1. The molecule has 0 saturated heterocycles. The lowest BCUT2D eigenvalue weighted by Gasteiger charge is -2.31. The molecule has 0 radical (unpaired) electrons. The van der Waals surface area contributed by atoms with Gasteiger partial charge in [0.2, 0.25) is 0 Å². The first-order chi connectivity index (χ1) is 16.0. The van der Waals surface area contributed by atoms with Crippen molar-refractivity contribution in [1.82, 2.24) is 24.3 Å². The van der Waals surface area contributed by atoms with Gasteiger partial charge < -0.3 is 14.4 Å². The summed E-state index contributed by atoms with van der Waals surface area (Å²) in [7, 11) is 1.66. The first-order valence-corrected chi connectivity index (χ1v) is 11.1. The lowest BCUT2D eigenvalue weighted by Crippen LogP contribution is -2.35. The summed E-state index contributed by atoms with van der Waals surface area (Å²) in [5, 5.41) is 16.2. The monoisotopic (exact) mass is 441 g/mol. The summed E-state index contributed by atoms with van der Waals surface area (Å²) >= 11 is 0. The Morgan fingerprint density at radius 2 is 1.91 bits per heavy atom. The van der Waals surface area contributed by atoms with Crippen molar-refractivity contribution in [2.24, 2.45) is 0 Å². The van der Waals surface area contributed by atoms with Gasteiger partial charge in [0.1, 0.15) is 11.4 Å². The van der Waals surface area contributed by atoms with Gasteiger partial charge in [0.25, 0.3) is 0 Å². The summed E-state index contributed by atoms with van der Waals surface area (Å²) in [6.45, 7) is 4.74. The first kappa shape index (κ1) is 21.2. The predicted molar refractivity (Wildman–Crippen MR) is 127 cm³/mol. The van der Waals surface area contributed by atoms with Gasteiger partial charge in [-0.15, -0.1) is 0 Å². The van der Waals surface area contributed by atoms with Gasteiger partial charge in [-0.25, -0.2) is 14.6 Å². The average Bonchev–Trinajstić information content (AvgIpc) is 3.45. The van der Waals surface area contributed by atoms with Crippen molar-refractivity contribution in [3.63, 3.8) is 0 Å². The van der Waals surface area contributed by atoms with Gasteiger partial charge in [-0.05, 0) is 56.0 Å². The molecule has 1 atom stereocenters. The van der Waals surface area contributed by atoms with Crippen LogP contribution in [0.2, 0.25) is 0 Å². The van der Waals surface area contributed by atoms with Crippen molar-refractivity contribution in [1.29, 1.82) is 0 Å². The van der Waals surface area contributed by atoms with E-state index in [1.54, 1.807) is 13.4 Å². The molecular weight excluding hydrogens is 414 g/mol. The molecule has 4 aromatic rings. The Morgan fingerprint density at radius 3 is 2.64 bits per heavy atom. The van der Waals surface area contributed by atoms with E-state index in [4.69, 9.17) is 9.72 Å². The predicted octanol–water partition coefficient (Wildman–Crippen LogP) is 4.29. The Balaban J connectivity index is 1.43. The number of benzene rings is 2. The quantitative estimate of drug-likeness (QED) is 0.500. The number of ether oxygens (including phenoxy) is 1. The Kier molecular flexibility index (Phi) is 5.34. The normalized spacial score (nSPS) is 17.9. The van der Waals surface area contributed by atoms with E-state index < -0.39 is 5.60 Å². The van der Waals surface area contributed by atoms with Crippen LogP contribution in [-0.2, 0) is 12.1 Å². The standard InChI is InChI=1S/C26H27N5O2/c1-18-5-9-21(10-6-18)26(32)13-4-14-31-25(26)28-24(29-31)12-8-20-7-11-22(23(15-20)33-3)30-16-19(2)27-17-30/h5-12,15-17,32H,4,13-14H2,1-3H3/b12-8+/t26-/m1/s1. The molecule has 2 aromatic carbocycles. The summed E-state index contributed by atoms with van der Waals surface area (Å²) in [4.78, 5) is 8.99. The fourth-order valence-corrected chi connectivity index (χ4v) is 4.33. The maximum absolute atomic E-state index is 11.5. The van der Waals surface area contributed by atoms with Gasteiger partial charge in [-0.1, -0.05) is 42.0 Å². The zero-order valence-electron chi connectivity index (χ0n) is 19.1. The minimum Gasteiger partial charge on any atom is -0.495 e. The molecule has 0 amide bonds. The average molecular weight is 442 g/mol. The van der Waals surface area contributed by atoms with Crippen LogP contribution in [0, 0.1) is 13.8 Å². The summed E-state index contributed by atoms with van der Waals surface area (Å²) < 4.78 is 9.37. The number of hydrogen-bond donors (Lipinski definition) is 1. The van der Waals surface area contributed by atoms with E-state index in [2.05, 4.69) is 10.1 Å². The highest BCUT2D eigenvalue weighted by atomic mass is 16.5. The number of methoxy groups -OCH3 is 1. The summed E-state index contributed by atoms with van der Waals surface area (Å²) in [6.07, 6.45) is 9.04. The number of aliphatic hydroxyl groups is 1. The molecule has 3 heterocycles. The summed E-state index contributed by atoms with van der Waals surface area (Å²) in [6, 6.07) is 14.0. The van der Waals surface area contributed by atoms with Gasteiger partial charge in [0, 0.05) is 12.7 Å². The minimum absolute atomic E-state index is 0.575. The van der Waals surface area contributed by atoms with Gasteiger partial charge in [0.15, 0.2) is 11.6 Å². The number of aromatic nitrogens is 5. The number of aryl methyl sites for hydroxylation is 3. The van der Waals surface area contributed by atoms with E-state index in [0.717, 1.165) is 46.8 Å². The lowest BCUT2D eigenvalue weighted by atomic mass is 9.86. The van der Waals surface area contributed by atoms with Crippen molar-refractivity contribution in [2.75, 3.05) is 7.11 Å². The molecule has 0 unspecified atom stereocenters. The van der Waals surface area contributed by atoms with Crippen LogP contribution in [0.15, 0.2) is 55.0 Å². The fraction of sp³-hybridized carbons (Fsp3) is 0.269. The van der Waals surface area contributed by atoms with Crippen molar-refractivity contribution in [3.8, 4) is 11.4 Å². The summed E-state index contributed by atoms with van der Waals surface area (Å²) in [5.74, 6) is 1.92. The van der Waals surface area contributed by atoms with Crippen LogP contribution in [0.1, 0.15) is 46.9 Å². The van der Waals surface area contributed by atoms with Crippen LogP contribution in [0.5, 0.6) is 5.75 Å². The third-order valence-corrected chi connectivity index (χ3v) is 6.11. The molecule has 1 N–H and O–H groups in total. The first-order valence-electron chi connectivity index (χ1n) is 11.1. The number of rotatable bonds is 5. The van der Waals surface area contributed by atoms with Crippen LogP contribution in [0.25, 0.3) is 17.8 Å². The second kappa shape index (κ2) is 8.33. The van der Waals surface area contributed by atoms with E-state index in [1.165, 1.54) is 0 Å². The molecule has 168 valence electrons. The van der Waals surface area contributed by atoms with E-state index in [1.807, 2.05) is 83.9 Å². The maximum atomic E-state index is 11.5. The van der Waals surface area contributed by atoms with Crippen molar-refractivity contribution in [2.45, 2.75) is 38.8 Å². The molecule has 0 saturated carbocycles. The third kappa shape index (κ3) is 3.96. The number of fused-ring (bicyclic) bond motifs is 1. The second-order valence-electron chi connectivity index (χ2n) is 8.53. The van der Waals surface area contributed by atoms with Gasteiger partial charge in [-0.3, -0.25) is 0 Å². The molecular formula is C26H27N5O2. The Bertz CT molecular complexity index is 1320. The Morgan fingerprint density at radius 1 is 1.09 bits per heavy atom. The molecule has 2 aromatic heterocycles. The zero-order chi connectivity index (χ0) is 23.0. The molecule has 5 rings (SSSR count). The highest BCUT2D eigenvalue weighted by Gasteiger charge is 2.39. The molecule has 7 nitrogen and oxygen atoms in total. The molecule has 1 aliphatic rings. The fourth-order valence-electron chi connectivity index (χ4n) is 4.33. The van der Waals surface area contributed by atoms with Crippen molar-refractivity contribution in [3.05, 3.63) is 89.0 Å². The van der Waals surface area contributed by atoms with Crippen molar-refractivity contribution < 1.29 is 9.84 Å². The number of imidazole rings is 1. The molecule has 0 bridgehead atoms. The van der Waals surface area contributed by atoms with E-state index >= 15 is 0 Å². The lowest BCUT2D eigenvalue weighted by molar-refractivity contribution is 0.0395. The second-order valence-corrected chi connectivity index (χ2v) is 8.53. The largest absolute Gasteiger partial charge is 0.495 e. The van der Waals surface area contributed by atoms with Crippen LogP contribution in [0.3, 0.4) is 0 Å². The van der Waals surface area contributed by atoms with Crippen LogP contribution in [0.4, 0.5) is 0 Å². The molecule has 33 heavy (non-hydrogen) atoms. The number of nitrogens with zero attached hydrogens (tertiary/aromatic N) is 5. The zero-order valence-corrected chi connectivity index (χ0v) is 19.1. The molecule has 0 aliphatic carbocycles. The number of hydrogen-bond acceptors (Lipinski definition) is 5. The van der Waals surface area contributed by atoms with Crippen LogP contribution < -0.4 is 4.74 Å². The molecule has 0 fully saturated rings. The molecule has 1 aliphatic heterocycles.